The smallest absolute Gasteiger partial charge is 0.317 e. The first-order chi connectivity index (χ1) is 11.5. The monoisotopic (exact) mass is 364 g/mol. The largest absolute Gasteiger partial charge is 0.480 e. The predicted molar refractivity (Wildman–Crippen MR) is 99.1 cm³/mol. The summed E-state index contributed by atoms with van der Waals surface area (Å²) in [6.45, 7) is 3.00. The fourth-order valence-corrected chi connectivity index (χ4v) is 3.34. The Labute approximate surface area is 152 Å². The number of hydrogen-bond donors (Lipinski definition) is 1. The van der Waals surface area contributed by atoms with Crippen LogP contribution in [0.25, 0.3) is 0 Å². The average molecular weight is 365 g/mol. The number of ether oxygens (including phenoxy) is 1. The van der Waals surface area contributed by atoms with Crippen molar-refractivity contribution in [3.63, 3.8) is 0 Å². The van der Waals surface area contributed by atoms with Gasteiger partial charge in [-0.15, -0.1) is 11.8 Å². The van der Waals surface area contributed by atoms with E-state index < -0.39 is 11.2 Å². The molecular weight excluding hydrogens is 344 g/mol. The molecule has 128 valence electrons. The van der Waals surface area contributed by atoms with Crippen LogP contribution >= 0.6 is 23.4 Å². The molecule has 0 aliphatic heterocycles. The molecule has 2 rings (SSSR count). The maximum atomic E-state index is 11.4. The van der Waals surface area contributed by atoms with Crippen LogP contribution in [0.4, 0.5) is 0 Å². The zero-order valence-electron chi connectivity index (χ0n) is 13.6. The number of carbonyl (C=O) groups is 1. The summed E-state index contributed by atoms with van der Waals surface area (Å²) in [5.74, 6) is -0.806. The summed E-state index contributed by atoms with van der Waals surface area (Å²) in [6.07, 6.45) is 1.24. The summed E-state index contributed by atoms with van der Waals surface area (Å²) >= 11 is 7.30. The van der Waals surface area contributed by atoms with Gasteiger partial charge in [0, 0.05) is 16.5 Å². The Kier molecular flexibility index (Phi) is 7.63. The van der Waals surface area contributed by atoms with E-state index in [0.717, 1.165) is 22.4 Å². The predicted octanol–water partition coefficient (Wildman–Crippen LogP) is 4.84. The Morgan fingerprint density at radius 2 is 1.96 bits per heavy atom. The maximum Gasteiger partial charge on any atom is 0.317 e. The number of halogens is 1. The lowest BCUT2D eigenvalue weighted by atomic mass is 10.2. The molecule has 0 amide bonds. The number of carboxylic acid groups (broad SMARTS) is 1. The Bertz CT molecular complexity index is 658. The Morgan fingerprint density at radius 3 is 2.62 bits per heavy atom. The molecule has 0 saturated carbocycles. The molecule has 2 aromatic carbocycles. The zero-order chi connectivity index (χ0) is 17.4. The fourth-order valence-electron chi connectivity index (χ4n) is 2.19. The van der Waals surface area contributed by atoms with E-state index in [1.165, 1.54) is 11.8 Å². The van der Waals surface area contributed by atoms with Gasteiger partial charge in [0.1, 0.15) is 5.25 Å². The van der Waals surface area contributed by atoms with Gasteiger partial charge in [0.15, 0.2) is 0 Å². The van der Waals surface area contributed by atoms with E-state index >= 15 is 0 Å². The molecule has 2 aromatic rings. The molecule has 0 aliphatic carbocycles. The highest BCUT2D eigenvalue weighted by Gasteiger charge is 2.18. The van der Waals surface area contributed by atoms with Crippen LogP contribution in [0, 0.1) is 6.92 Å². The van der Waals surface area contributed by atoms with Crippen molar-refractivity contribution in [3.8, 4) is 0 Å². The second-order valence-corrected chi connectivity index (χ2v) is 7.25. The van der Waals surface area contributed by atoms with Crippen LogP contribution in [0.1, 0.15) is 17.5 Å². The van der Waals surface area contributed by atoms with E-state index in [4.69, 9.17) is 16.3 Å². The van der Waals surface area contributed by atoms with Crippen molar-refractivity contribution in [2.75, 3.05) is 13.2 Å². The molecule has 0 bridgehead atoms. The van der Waals surface area contributed by atoms with Crippen LogP contribution in [-0.2, 0) is 16.0 Å². The van der Waals surface area contributed by atoms with Gasteiger partial charge in [0.05, 0.1) is 6.61 Å². The van der Waals surface area contributed by atoms with Crippen molar-refractivity contribution in [1.29, 1.82) is 0 Å². The van der Waals surface area contributed by atoms with Crippen LogP contribution in [0.15, 0.2) is 53.4 Å². The van der Waals surface area contributed by atoms with Gasteiger partial charge < -0.3 is 9.84 Å². The minimum absolute atomic E-state index is 0.427. The van der Waals surface area contributed by atoms with E-state index in [1.807, 2.05) is 55.5 Å². The van der Waals surface area contributed by atoms with Crippen molar-refractivity contribution in [1.82, 2.24) is 0 Å². The van der Waals surface area contributed by atoms with E-state index in [2.05, 4.69) is 0 Å². The molecule has 5 heteroatoms. The molecule has 1 atom stereocenters. The van der Waals surface area contributed by atoms with E-state index in [1.54, 1.807) is 0 Å². The summed E-state index contributed by atoms with van der Waals surface area (Å²) in [7, 11) is 0. The number of benzene rings is 2. The van der Waals surface area contributed by atoms with Crippen molar-refractivity contribution < 1.29 is 14.6 Å². The van der Waals surface area contributed by atoms with Crippen molar-refractivity contribution >= 4 is 29.3 Å². The highest BCUT2D eigenvalue weighted by Crippen LogP contribution is 2.26. The number of aliphatic carboxylic acids is 1. The molecule has 24 heavy (non-hydrogen) atoms. The first-order valence-electron chi connectivity index (χ1n) is 7.83. The van der Waals surface area contributed by atoms with Crippen LogP contribution in [0.3, 0.4) is 0 Å². The zero-order valence-corrected chi connectivity index (χ0v) is 15.1. The third-order valence-electron chi connectivity index (χ3n) is 3.52. The number of carboxylic acids is 1. The molecule has 0 heterocycles. The molecule has 1 unspecified atom stereocenters. The van der Waals surface area contributed by atoms with Crippen LogP contribution in [0.2, 0.25) is 5.02 Å². The van der Waals surface area contributed by atoms with E-state index in [0.29, 0.717) is 24.7 Å². The van der Waals surface area contributed by atoms with Crippen molar-refractivity contribution in [2.24, 2.45) is 0 Å². The number of rotatable bonds is 9. The highest BCUT2D eigenvalue weighted by molar-refractivity contribution is 8.00. The second kappa shape index (κ2) is 9.72. The quantitative estimate of drug-likeness (QED) is 0.510. The summed E-state index contributed by atoms with van der Waals surface area (Å²) in [6, 6.07) is 15.6. The first-order valence-corrected chi connectivity index (χ1v) is 9.08. The molecule has 0 spiro atoms. The molecule has 0 fully saturated rings. The molecule has 3 nitrogen and oxygen atoms in total. The Morgan fingerprint density at radius 1 is 1.21 bits per heavy atom. The molecule has 0 aromatic heterocycles. The summed E-state index contributed by atoms with van der Waals surface area (Å²) in [4.78, 5) is 12.4. The van der Waals surface area contributed by atoms with Crippen LogP contribution in [0.5, 0.6) is 0 Å². The standard InChI is InChI=1S/C19H21ClO3S/c1-14-5-7-17(8-6-14)24-18(19(21)22)10-12-23-11-9-15-3-2-4-16(20)13-15/h2-8,13,18H,9-12H2,1H3,(H,21,22). The van der Waals surface area contributed by atoms with Gasteiger partial charge in [-0.3, -0.25) is 4.79 Å². The summed E-state index contributed by atoms with van der Waals surface area (Å²) in [5.41, 5.74) is 2.28. The van der Waals surface area contributed by atoms with Crippen molar-refractivity contribution in [3.05, 3.63) is 64.7 Å². The number of hydrogen-bond acceptors (Lipinski definition) is 3. The maximum absolute atomic E-state index is 11.4. The fraction of sp³-hybridized carbons (Fsp3) is 0.316. The normalized spacial score (nSPS) is 12.1. The molecule has 0 saturated heterocycles. The highest BCUT2D eigenvalue weighted by atomic mass is 35.5. The summed E-state index contributed by atoms with van der Waals surface area (Å²) < 4.78 is 5.60. The van der Waals surface area contributed by atoms with E-state index in [-0.39, 0.29) is 0 Å². The molecule has 0 aliphatic rings. The molecule has 1 N–H and O–H groups in total. The Hall–Kier alpha value is -1.49. The summed E-state index contributed by atoms with van der Waals surface area (Å²) in [5, 5.41) is 9.58. The van der Waals surface area contributed by atoms with Gasteiger partial charge in [-0.2, -0.15) is 0 Å². The lowest BCUT2D eigenvalue weighted by Gasteiger charge is -2.12. The van der Waals surface area contributed by atoms with Gasteiger partial charge in [-0.1, -0.05) is 41.4 Å². The average Bonchev–Trinajstić information content (AvgIpc) is 2.55. The van der Waals surface area contributed by atoms with Crippen molar-refractivity contribution in [2.45, 2.75) is 29.9 Å². The topological polar surface area (TPSA) is 46.5 Å². The third-order valence-corrected chi connectivity index (χ3v) is 5.02. The SMILES string of the molecule is Cc1ccc(SC(CCOCCc2cccc(Cl)c2)C(=O)O)cc1. The van der Waals surface area contributed by atoms with Gasteiger partial charge in [-0.25, -0.2) is 0 Å². The van der Waals surface area contributed by atoms with E-state index in [9.17, 15) is 9.90 Å². The van der Waals surface area contributed by atoms with Gasteiger partial charge >= 0.3 is 5.97 Å². The number of aryl methyl sites for hydroxylation is 1. The van der Waals surface area contributed by atoms with Gasteiger partial charge in [0.25, 0.3) is 0 Å². The second-order valence-electron chi connectivity index (χ2n) is 5.54. The minimum atomic E-state index is -0.806. The van der Waals surface area contributed by atoms with Gasteiger partial charge in [0.2, 0.25) is 0 Å². The van der Waals surface area contributed by atoms with Gasteiger partial charge in [-0.05, 0) is 49.6 Å². The van der Waals surface area contributed by atoms with Crippen LogP contribution < -0.4 is 0 Å². The molecular formula is C19H21ClO3S. The number of thioether (sulfide) groups is 1. The first kappa shape index (κ1) is 18.8. The lowest BCUT2D eigenvalue weighted by molar-refractivity contribution is -0.136. The molecule has 0 radical (unpaired) electrons. The minimum Gasteiger partial charge on any atom is -0.480 e. The third kappa shape index (κ3) is 6.56. The van der Waals surface area contributed by atoms with Crippen LogP contribution in [-0.4, -0.2) is 29.5 Å². The Balaban J connectivity index is 1.73. The lowest BCUT2D eigenvalue weighted by Crippen LogP contribution is -2.19.